The molecule has 0 bridgehead atoms. The largest absolute Gasteiger partial charge is 0.496 e. The first-order valence-corrected chi connectivity index (χ1v) is 7.50. The molecule has 0 saturated heterocycles. The molecule has 0 saturated carbocycles. The van der Waals surface area contributed by atoms with Gasteiger partial charge in [0.2, 0.25) is 0 Å². The molecule has 0 radical (unpaired) electrons. The summed E-state index contributed by atoms with van der Waals surface area (Å²) >= 11 is 1.38. The van der Waals surface area contributed by atoms with Gasteiger partial charge in [-0.1, -0.05) is 32.0 Å². The molecule has 2 rings (SSSR count). The third-order valence-corrected chi connectivity index (χ3v) is 4.19. The Morgan fingerprint density at radius 3 is 2.76 bits per heavy atom. The van der Waals surface area contributed by atoms with E-state index in [2.05, 4.69) is 10.4 Å². The minimum Gasteiger partial charge on any atom is -0.496 e. The Hall–Kier alpha value is -1.92. The second kappa shape index (κ2) is 6.69. The molecule has 0 aliphatic carbocycles. The van der Waals surface area contributed by atoms with Crippen LogP contribution in [0.25, 0.3) is 0 Å². The van der Waals surface area contributed by atoms with Crippen molar-refractivity contribution >= 4 is 17.2 Å². The van der Waals surface area contributed by atoms with Crippen LogP contribution < -0.4 is 16.0 Å². The van der Waals surface area contributed by atoms with Crippen LogP contribution in [0.15, 0.2) is 24.3 Å². The highest BCUT2D eigenvalue weighted by molar-refractivity contribution is 7.13. The van der Waals surface area contributed by atoms with E-state index in [1.165, 1.54) is 11.3 Å². The summed E-state index contributed by atoms with van der Waals surface area (Å²) in [5.41, 5.74) is 4.01. The lowest BCUT2D eigenvalue weighted by Gasteiger charge is -2.06. The first kappa shape index (κ1) is 15.5. The van der Waals surface area contributed by atoms with E-state index in [4.69, 9.17) is 10.6 Å². The Labute approximate surface area is 128 Å². The minimum atomic E-state index is -0.289. The highest BCUT2D eigenvalue weighted by atomic mass is 32.1. The molecule has 0 fully saturated rings. The highest BCUT2D eigenvalue weighted by Crippen LogP contribution is 2.28. The second-order valence-electron chi connectivity index (χ2n) is 4.94. The van der Waals surface area contributed by atoms with E-state index in [9.17, 15) is 4.79 Å². The van der Waals surface area contributed by atoms with Crippen molar-refractivity contribution in [3.05, 3.63) is 45.4 Å². The van der Waals surface area contributed by atoms with E-state index < -0.39 is 0 Å². The van der Waals surface area contributed by atoms with Crippen molar-refractivity contribution < 1.29 is 9.53 Å². The van der Waals surface area contributed by atoms with Gasteiger partial charge >= 0.3 is 0 Å². The van der Waals surface area contributed by atoms with Crippen molar-refractivity contribution in [2.45, 2.75) is 26.2 Å². The van der Waals surface area contributed by atoms with Crippen LogP contribution in [0.3, 0.4) is 0 Å². The standard InChI is InChI=1S/C15H19N3O2S/c1-9(2)13-14(15(19)18-16)21-12(17-13)8-10-6-4-5-7-11(10)20-3/h4-7,9H,8,16H2,1-3H3,(H,18,19). The summed E-state index contributed by atoms with van der Waals surface area (Å²) in [7, 11) is 1.65. The third kappa shape index (κ3) is 3.40. The van der Waals surface area contributed by atoms with Gasteiger partial charge in [0.25, 0.3) is 5.91 Å². The number of ether oxygens (including phenoxy) is 1. The molecule has 6 heteroatoms. The molecule has 0 unspecified atom stereocenters. The molecular weight excluding hydrogens is 286 g/mol. The smallest absolute Gasteiger partial charge is 0.277 e. The van der Waals surface area contributed by atoms with Crippen molar-refractivity contribution in [2.75, 3.05) is 7.11 Å². The molecule has 0 atom stereocenters. The number of aromatic nitrogens is 1. The predicted octanol–water partition coefficient (Wildman–Crippen LogP) is 2.47. The van der Waals surface area contributed by atoms with Crippen LogP contribution in [-0.2, 0) is 6.42 Å². The molecule has 21 heavy (non-hydrogen) atoms. The Kier molecular flexibility index (Phi) is 4.93. The number of carbonyl (C=O) groups excluding carboxylic acids is 1. The third-order valence-electron chi connectivity index (χ3n) is 3.12. The van der Waals surface area contributed by atoms with Crippen LogP contribution >= 0.6 is 11.3 Å². The number of hydrogen-bond donors (Lipinski definition) is 2. The van der Waals surface area contributed by atoms with Crippen LogP contribution in [-0.4, -0.2) is 18.0 Å². The number of para-hydroxylation sites is 1. The van der Waals surface area contributed by atoms with Crippen LogP contribution in [0.1, 0.15) is 45.7 Å². The monoisotopic (exact) mass is 305 g/mol. The molecule has 0 aliphatic heterocycles. The van der Waals surface area contributed by atoms with E-state index in [1.54, 1.807) is 7.11 Å². The number of methoxy groups -OCH3 is 1. The summed E-state index contributed by atoms with van der Waals surface area (Å²) in [6.45, 7) is 4.02. The van der Waals surface area contributed by atoms with Gasteiger partial charge in [0.15, 0.2) is 0 Å². The molecule has 1 heterocycles. The summed E-state index contributed by atoms with van der Waals surface area (Å²) in [6, 6.07) is 7.80. The molecule has 1 amide bonds. The maximum atomic E-state index is 11.8. The lowest BCUT2D eigenvalue weighted by atomic mass is 10.1. The quantitative estimate of drug-likeness (QED) is 0.505. The maximum Gasteiger partial charge on any atom is 0.277 e. The summed E-state index contributed by atoms with van der Waals surface area (Å²) < 4.78 is 5.35. The number of nitrogens with two attached hydrogens (primary N) is 1. The lowest BCUT2D eigenvalue weighted by molar-refractivity contribution is 0.0956. The number of rotatable bonds is 5. The summed E-state index contributed by atoms with van der Waals surface area (Å²) in [4.78, 5) is 17.0. The zero-order valence-corrected chi connectivity index (χ0v) is 13.2. The number of hydrazine groups is 1. The van der Waals surface area contributed by atoms with Gasteiger partial charge in [-0.15, -0.1) is 11.3 Å². The summed E-state index contributed by atoms with van der Waals surface area (Å²) in [5, 5.41) is 0.877. The Morgan fingerprint density at radius 2 is 2.14 bits per heavy atom. The van der Waals surface area contributed by atoms with Crippen molar-refractivity contribution in [2.24, 2.45) is 5.84 Å². The number of hydrogen-bond acceptors (Lipinski definition) is 5. The lowest BCUT2D eigenvalue weighted by Crippen LogP contribution is -2.30. The number of nitrogens with one attached hydrogen (secondary N) is 1. The van der Waals surface area contributed by atoms with Crippen LogP contribution in [0.5, 0.6) is 5.75 Å². The highest BCUT2D eigenvalue weighted by Gasteiger charge is 2.20. The number of benzene rings is 1. The normalized spacial score (nSPS) is 10.7. The Morgan fingerprint density at radius 1 is 1.43 bits per heavy atom. The fourth-order valence-electron chi connectivity index (χ4n) is 2.09. The van der Waals surface area contributed by atoms with Gasteiger partial charge in [-0.3, -0.25) is 10.2 Å². The zero-order valence-electron chi connectivity index (χ0n) is 12.3. The van der Waals surface area contributed by atoms with Gasteiger partial charge in [0.1, 0.15) is 10.6 Å². The molecule has 2 aromatic rings. The van der Waals surface area contributed by atoms with Crippen LogP contribution in [0, 0.1) is 0 Å². The maximum absolute atomic E-state index is 11.8. The molecule has 1 aromatic carbocycles. The number of nitrogen functional groups attached to an aromatic ring is 1. The van der Waals surface area contributed by atoms with Gasteiger partial charge in [-0.05, 0) is 12.0 Å². The average molecular weight is 305 g/mol. The van der Waals surface area contributed by atoms with Crippen molar-refractivity contribution in [1.29, 1.82) is 0 Å². The molecule has 1 aromatic heterocycles. The van der Waals surface area contributed by atoms with Gasteiger partial charge in [-0.2, -0.15) is 0 Å². The average Bonchev–Trinajstić information content (AvgIpc) is 2.91. The number of carbonyl (C=O) groups is 1. The van der Waals surface area contributed by atoms with E-state index in [-0.39, 0.29) is 11.8 Å². The minimum absolute atomic E-state index is 0.167. The fraction of sp³-hybridized carbons (Fsp3) is 0.333. The van der Waals surface area contributed by atoms with Gasteiger partial charge in [-0.25, -0.2) is 10.8 Å². The summed E-state index contributed by atoms with van der Waals surface area (Å²) in [6.07, 6.45) is 0.631. The van der Waals surface area contributed by atoms with Crippen molar-refractivity contribution in [3.63, 3.8) is 0 Å². The first-order chi connectivity index (χ1) is 10.1. The Bertz CT molecular complexity index is 638. The van der Waals surface area contributed by atoms with Gasteiger partial charge in [0, 0.05) is 12.0 Å². The van der Waals surface area contributed by atoms with Crippen molar-refractivity contribution in [3.8, 4) is 5.75 Å². The van der Waals surface area contributed by atoms with Gasteiger partial charge < -0.3 is 4.74 Å². The molecule has 0 spiro atoms. The van der Waals surface area contributed by atoms with Crippen LogP contribution in [0.2, 0.25) is 0 Å². The van der Waals surface area contributed by atoms with E-state index in [0.717, 1.165) is 22.0 Å². The van der Waals surface area contributed by atoms with E-state index >= 15 is 0 Å². The predicted molar refractivity (Wildman–Crippen MR) is 83.7 cm³/mol. The molecule has 5 nitrogen and oxygen atoms in total. The molecule has 3 N–H and O–H groups in total. The molecule has 112 valence electrons. The number of amides is 1. The number of nitrogens with zero attached hydrogens (tertiary/aromatic N) is 1. The Balaban J connectivity index is 2.35. The van der Waals surface area contributed by atoms with Crippen molar-refractivity contribution in [1.82, 2.24) is 10.4 Å². The van der Waals surface area contributed by atoms with Gasteiger partial charge in [0.05, 0.1) is 17.8 Å². The van der Waals surface area contributed by atoms with E-state index in [0.29, 0.717) is 11.3 Å². The van der Waals surface area contributed by atoms with Crippen LogP contribution in [0.4, 0.5) is 0 Å². The molecule has 0 aliphatic rings. The topological polar surface area (TPSA) is 77.2 Å². The fourth-order valence-corrected chi connectivity index (χ4v) is 3.23. The SMILES string of the molecule is COc1ccccc1Cc1nc(C(C)C)c(C(=O)NN)s1. The number of thiazole rings is 1. The second-order valence-corrected chi connectivity index (χ2v) is 6.02. The van der Waals surface area contributed by atoms with E-state index in [1.807, 2.05) is 38.1 Å². The summed E-state index contributed by atoms with van der Waals surface area (Å²) in [5.74, 6) is 5.94. The first-order valence-electron chi connectivity index (χ1n) is 6.69. The molecular formula is C15H19N3O2S. The zero-order chi connectivity index (χ0) is 15.4.